The number of rotatable bonds is 7. The highest BCUT2D eigenvalue weighted by atomic mass is 16.5. The summed E-state index contributed by atoms with van der Waals surface area (Å²) < 4.78 is 10.4. The molecule has 1 N–H and O–H groups in total. The van der Waals surface area contributed by atoms with Crippen molar-refractivity contribution in [3.63, 3.8) is 0 Å². The first kappa shape index (κ1) is 20.6. The first-order valence-corrected chi connectivity index (χ1v) is 10.5. The zero-order valence-corrected chi connectivity index (χ0v) is 17.0. The molecule has 28 heavy (non-hydrogen) atoms. The van der Waals surface area contributed by atoms with Gasteiger partial charge in [0.15, 0.2) is 0 Å². The molecule has 1 amide bonds. The zero-order valence-electron chi connectivity index (χ0n) is 17.0. The van der Waals surface area contributed by atoms with Gasteiger partial charge in [-0.1, -0.05) is 25.0 Å². The minimum atomic E-state index is -0.338. The fourth-order valence-corrected chi connectivity index (χ4v) is 4.32. The summed E-state index contributed by atoms with van der Waals surface area (Å²) in [6.07, 6.45) is 5.94. The number of carbonyl (C=O) groups is 2. The quantitative estimate of drug-likeness (QED) is 0.727. The normalized spacial score (nSPS) is 19.9. The van der Waals surface area contributed by atoms with E-state index >= 15 is 0 Å². The van der Waals surface area contributed by atoms with Crippen molar-refractivity contribution < 1.29 is 19.1 Å². The molecule has 1 unspecified atom stereocenters. The van der Waals surface area contributed by atoms with E-state index in [1.165, 1.54) is 12.8 Å². The molecule has 0 bridgehead atoms. The fourth-order valence-electron chi connectivity index (χ4n) is 4.32. The highest BCUT2D eigenvalue weighted by Crippen LogP contribution is 2.30. The van der Waals surface area contributed by atoms with Gasteiger partial charge in [-0.05, 0) is 50.3 Å². The average Bonchev–Trinajstić information content (AvgIpc) is 3.22. The Kier molecular flexibility index (Phi) is 7.31. The van der Waals surface area contributed by atoms with Crippen molar-refractivity contribution in [3.8, 4) is 5.75 Å². The van der Waals surface area contributed by atoms with E-state index in [4.69, 9.17) is 9.47 Å². The molecule has 2 fully saturated rings. The van der Waals surface area contributed by atoms with E-state index in [1.807, 2.05) is 31.2 Å². The van der Waals surface area contributed by atoms with Crippen LogP contribution in [-0.4, -0.2) is 49.6 Å². The van der Waals surface area contributed by atoms with Gasteiger partial charge < -0.3 is 14.8 Å². The van der Waals surface area contributed by atoms with Crippen LogP contribution in [0.25, 0.3) is 0 Å². The molecule has 3 rings (SSSR count). The van der Waals surface area contributed by atoms with Crippen LogP contribution in [0.1, 0.15) is 57.1 Å². The van der Waals surface area contributed by atoms with Crippen LogP contribution in [0.4, 0.5) is 0 Å². The summed E-state index contributed by atoms with van der Waals surface area (Å²) in [5.74, 6) is 0.663. The van der Waals surface area contributed by atoms with Crippen LogP contribution in [0.2, 0.25) is 0 Å². The molecular weight excluding hydrogens is 356 g/mol. The summed E-state index contributed by atoms with van der Waals surface area (Å²) in [5.41, 5.74) is 0.964. The third kappa shape index (κ3) is 5.04. The van der Waals surface area contributed by atoms with Gasteiger partial charge in [-0.25, -0.2) is 0 Å². The lowest BCUT2D eigenvalue weighted by atomic mass is 9.93. The lowest BCUT2D eigenvalue weighted by Crippen LogP contribution is -2.47. The molecule has 1 aromatic carbocycles. The summed E-state index contributed by atoms with van der Waals surface area (Å²) in [6, 6.07) is 7.68. The number of methoxy groups -OCH3 is 1. The predicted octanol–water partition coefficient (Wildman–Crippen LogP) is 3.07. The number of hydrogen-bond acceptors (Lipinski definition) is 5. The van der Waals surface area contributed by atoms with Crippen LogP contribution in [0.3, 0.4) is 0 Å². The van der Waals surface area contributed by atoms with Crippen molar-refractivity contribution in [3.05, 3.63) is 29.8 Å². The Morgan fingerprint density at radius 1 is 1.11 bits per heavy atom. The summed E-state index contributed by atoms with van der Waals surface area (Å²) in [6.45, 7) is 3.66. The highest BCUT2D eigenvalue weighted by Gasteiger charge is 2.34. The van der Waals surface area contributed by atoms with Gasteiger partial charge in [0, 0.05) is 19.1 Å². The molecule has 2 aliphatic rings. The Balaban J connectivity index is 1.72. The van der Waals surface area contributed by atoms with Gasteiger partial charge in [-0.2, -0.15) is 0 Å². The molecule has 1 saturated heterocycles. The van der Waals surface area contributed by atoms with Crippen LogP contribution in [-0.2, 0) is 14.3 Å². The van der Waals surface area contributed by atoms with E-state index in [9.17, 15) is 9.59 Å². The van der Waals surface area contributed by atoms with Crippen LogP contribution >= 0.6 is 0 Å². The Morgan fingerprint density at radius 2 is 1.75 bits per heavy atom. The Labute approximate surface area is 167 Å². The van der Waals surface area contributed by atoms with Crippen LogP contribution in [0.15, 0.2) is 24.3 Å². The number of ether oxygens (including phenoxy) is 2. The number of carbonyl (C=O) groups excluding carboxylic acids is 2. The Bertz CT molecular complexity index is 647. The molecule has 0 spiro atoms. The lowest BCUT2D eigenvalue weighted by molar-refractivity contribution is -0.150. The maximum absolute atomic E-state index is 13.2. The monoisotopic (exact) mass is 388 g/mol. The molecule has 1 aliphatic carbocycles. The van der Waals surface area contributed by atoms with Crippen molar-refractivity contribution in [1.82, 2.24) is 10.2 Å². The molecule has 154 valence electrons. The van der Waals surface area contributed by atoms with E-state index in [2.05, 4.69) is 10.2 Å². The van der Waals surface area contributed by atoms with Crippen molar-refractivity contribution >= 4 is 11.9 Å². The highest BCUT2D eigenvalue weighted by molar-refractivity contribution is 5.83. The summed E-state index contributed by atoms with van der Waals surface area (Å²) in [4.78, 5) is 27.4. The number of esters is 1. The summed E-state index contributed by atoms with van der Waals surface area (Å²) >= 11 is 0. The third-order valence-electron chi connectivity index (χ3n) is 5.90. The second-order valence-electron chi connectivity index (χ2n) is 7.73. The van der Waals surface area contributed by atoms with Crippen molar-refractivity contribution in [2.24, 2.45) is 5.92 Å². The molecule has 6 heteroatoms. The number of likely N-dealkylation sites (tertiary alicyclic amines) is 1. The van der Waals surface area contributed by atoms with Gasteiger partial charge in [0.25, 0.3) is 0 Å². The second-order valence-corrected chi connectivity index (χ2v) is 7.73. The molecule has 1 aromatic rings. The number of amides is 1. The smallest absolute Gasteiger partial charge is 0.309 e. The van der Waals surface area contributed by atoms with Crippen LogP contribution in [0, 0.1) is 5.92 Å². The van der Waals surface area contributed by atoms with Crippen LogP contribution < -0.4 is 10.1 Å². The molecule has 0 aromatic heterocycles. The number of benzene rings is 1. The second kappa shape index (κ2) is 9.92. The van der Waals surface area contributed by atoms with E-state index in [1.54, 1.807) is 7.11 Å². The van der Waals surface area contributed by atoms with E-state index < -0.39 is 0 Å². The number of piperidine rings is 1. The van der Waals surface area contributed by atoms with Crippen molar-refractivity contribution in [2.45, 2.75) is 57.5 Å². The molecule has 1 heterocycles. The molecule has 6 nitrogen and oxygen atoms in total. The van der Waals surface area contributed by atoms with Gasteiger partial charge in [0.05, 0.1) is 19.6 Å². The minimum Gasteiger partial charge on any atom is -0.497 e. The first-order chi connectivity index (χ1) is 13.6. The first-order valence-electron chi connectivity index (χ1n) is 10.5. The Morgan fingerprint density at radius 3 is 2.32 bits per heavy atom. The molecule has 0 radical (unpaired) electrons. The molecular formula is C22H32N2O4. The van der Waals surface area contributed by atoms with Gasteiger partial charge in [0.2, 0.25) is 5.91 Å². The lowest BCUT2D eigenvalue weighted by Gasteiger charge is -2.36. The number of nitrogens with one attached hydrogen (secondary N) is 1. The topological polar surface area (TPSA) is 67.9 Å². The minimum absolute atomic E-state index is 0.0617. The van der Waals surface area contributed by atoms with E-state index in [-0.39, 0.29) is 29.9 Å². The van der Waals surface area contributed by atoms with Crippen molar-refractivity contribution in [1.29, 1.82) is 0 Å². The number of hydrogen-bond donors (Lipinski definition) is 1. The largest absolute Gasteiger partial charge is 0.497 e. The van der Waals surface area contributed by atoms with Gasteiger partial charge in [-0.3, -0.25) is 14.5 Å². The number of nitrogens with zero attached hydrogens (tertiary/aromatic N) is 1. The van der Waals surface area contributed by atoms with Gasteiger partial charge in [0.1, 0.15) is 11.8 Å². The molecule has 1 saturated carbocycles. The van der Waals surface area contributed by atoms with Gasteiger partial charge >= 0.3 is 5.97 Å². The van der Waals surface area contributed by atoms with Crippen molar-refractivity contribution in [2.75, 3.05) is 26.8 Å². The van der Waals surface area contributed by atoms with E-state index in [0.717, 1.165) is 37.0 Å². The van der Waals surface area contributed by atoms with E-state index in [0.29, 0.717) is 19.7 Å². The summed E-state index contributed by atoms with van der Waals surface area (Å²) in [5, 5.41) is 3.25. The predicted molar refractivity (Wildman–Crippen MR) is 107 cm³/mol. The summed E-state index contributed by atoms with van der Waals surface area (Å²) in [7, 11) is 1.64. The van der Waals surface area contributed by atoms with Crippen LogP contribution in [0.5, 0.6) is 5.75 Å². The maximum atomic E-state index is 13.2. The molecule has 1 atom stereocenters. The standard InChI is InChI=1S/C22H32N2O4/c1-3-28-22(26)17-12-14-24(15-13-17)20(16-8-10-19(27-2)11-9-16)21(25)23-18-6-4-5-7-18/h8-11,17-18,20H,3-7,12-15H2,1-2H3,(H,23,25). The van der Waals surface area contributed by atoms with Gasteiger partial charge in [-0.15, -0.1) is 0 Å². The zero-order chi connectivity index (χ0) is 19.9. The Hall–Kier alpha value is -2.08. The fraction of sp³-hybridized carbons (Fsp3) is 0.636. The molecule has 1 aliphatic heterocycles. The third-order valence-corrected chi connectivity index (χ3v) is 5.90. The maximum Gasteiger partial charge on any atom is 0.309 e. The SMILES string of the molecule is CCOC(=O)C1CCN(C(C(=O)NC2CCCC2)c2ccc(OC)cc2)CC1. The average molecular weight is 389 g/mol.